The quantitative estimate of drug-likeness (QED) is 0.833. The summed E-state index contributed by atoms with van der Waals surface area (Å²) in [7, 11) is 3.24. The number of anilines is 1. The van der Waals surface area contributed by atoms with Gasteiger partial charge in [0, 0.05) is 26.3 Å². The molecule has 7 nitrogen and oxygen atoms in total. The van der Waals surface area contributed by atoms with Crippen LogP contribution in [-0.2, 0) is 9.47 Å². The van der Waals surface area contributed by atoms with E-state index in [9.17, 15) is 5.11 Å². The molecule has 0 saturated carbocycles. The van der Waals surface area contributed by atoms with Gasteiger partial charge in [-0.2, -0.15) is 4.98 Å². The zero-order valence-corrected chi connectivity index (χ0v) is 12.0. The highest BCUT2D eigenvalue weighted by molar-refractivity contribution is 5.57. The van der Waals surface area contributed by atoms with Crippen LogP contribution in [0.15, 0.2) is 24.3 Å². The molecule has 1 aromatic carbocycles. The molecule has 1 aliphatic heterocycles. The number of methoxy groups -OCH3 is 2. The summed E-state index contributed by atoms with van der Waals surface area (Å²) in [6.07, 6.45) is 0.484. The van der Waals surface area contributed by atoms with Crippen LogP contribution >= 0.6 is 0 Å². The molecular formula is C14H18N4O3. The molecule has 7 heteroatoms. The SMILES string of the molecule is COC(OC)C1CCNc2nc(-c3ccc(O)cc3)nn21. The first-order valence-corrected chi connectivity index (χ1v) is 6.78. The third kappa shape index (κ3) is 2.57. The standard InChI is InChI=1S/C14H18N4O3/c1-20-13(21-2)11-7-8-15-14-16-12(17-18(11)14)9-3-5-10(19)6-4-9/h3-6,11,13,19H,7-8H2,1-2H3,(H,15,16,17). The minimum Gasteiger partial charge on any atom is -0.508 e. The summed E-state index contributed by atoms with van der Waals surface area (Å²) in [6, 6.07) is 6.79. The summed E-state index contributed by atoms with van der Waals surface area (Å²) < 4.78 is 12.5. The molecule has 0 saturated heterocycles. The number of hydrogen-bond donors (Lipinski definition) is 2. The molecule has 2 N–H and O–H groups in total. The van der Waals surface area contributed by atoms with E-state index in [-0.39, 0.29) is 18.1 Å². The lowest BCUT2D eigenvalue weighted by molar-refractivity contribution is -0.135. The highest BCUT2D eigenvalue weighted by Crippen LogP contribution is 2.29. The number of ether oxygens (including phenoxy) is 2. The van der Waals surface area contributed by atoms with E-state index < -0.39 is 0 Å². The van der Waals surface area contributed by atoms with Crippen molar-refractivity contribution in [2.45, 2.75) is 18.8 Å². The van der Waals surface area contributed by atoms with Gasteiger partial charge in [0.25, 0.3) is 0 Å². The number of phenols is 1. The van der Waals surface area contributed by atoms with E-state index in [1.165, 1.54) is 0 Å². The van der Waals surface area contributed by atoms with Gasteiger partial charge in [0.1, 0.15) is 11.8 Å². The van der Waals surface area contributed by atoms with Crippen LogP contribution in [0.5, 0.6) is 5.75 Å². The van der Waals surface area contributed by atoms with Crippen LogP contribution in [0.25, 0.3) is 11.4 Å². The van der Waals surface area contributed by atoms with Crippen molar-refractivity contribution in [2.75, 3.05) is 26.1 Å². The summed E-state index contributed by atoms with van der Waals surface area (Å²) in [6.45, 7) is 0.793. The lowest BCUT2D eigenvalue weighted by atomic mass is 10.2. The summed E-state index contributed by atoms with van der Waals surface area (Å²) >= 11 is 0. The average Bonchev–Trinajstić information content (AvgIpc) is 2.94. The average molecular weight is 290 g/mol. The topological polar surface area (TPSA) is 81.4 Å². The molecule has 3 rings (SSSR count). The van der Waals surface area contributed by atoms with Crippen LogP contribution in [0, 0.1) is 0 Å². The fourth-order valence-corrected chi connectivity index (χ4v) is 2.52. The van der Waals surface area contributed by atoms with E-state index in [2.05, 4.69) is 15.4 Å². The van der Waals surface area contributed by atoms with E-state index in [0.717, 1.165) is 18.5 Å². The van der Waals surface area contributed by atoms with Crippen molar-refractivity contribution in [3.63, 3.8) is 0 Å². The second-order valence-electron chi connectivity index (χ2n) is 4.87. The molecule has 1 unspecified atom stereocenters. The first-order chi connectivity index (χ1) is 10.2. The second-order valence-corrected chi connectivity index (χ2v) is 4.87. The first-order valence-electron chi connectivity index (χ1n) is 6.78. The van der Waals surface area contributed by atoms with Crippen LogP contribution in [-0.4, -0.2) is 46.9 Å². The number of aromatic hydroxyl groups is 1. The van der Waals surface area contributed by atoms with E-state index in [0.29, 0.717) is 11.8 Å². The maximum absolute atomic E-state index is 9.35. The van der Waals surface area contributed by atoms with Gasteiger partial charge in [-0.25, -0.2) is 4.68 Å². The Hall–Kier alpha value is -2.12. The van der Waals surface area contributed by atoms with Crippen LogP contribution in [0.1, 0.15) is 12.5 Å². The molecule has 0 bridgehead atoms. The predicted molar refractivity (Wildman–Crippen MR) is 77.1 cm³/mol. The summed E-state index contributed by atoms with van der Waals surface area (Å²) in [5.74, 6) is 1.53. The Morgan fingerprint density at radius 3 is 2.67 bits per heavy atom. The molecule has 1 aromatic heterocycles. The Bertz CT molecular complexity index is 607. The van der Waals surface area contributed by atoms with Crippen molar-refractivity contribution in [1.29, 1.82) is 0 Å². The largest absolute Gasteiger partial charge is 0.508 e. The molecule has 0 radical (unpaired) electrons. The molecule has 112 valence electrons. The van der Waals surface area contributed by atoms with Gasteiger partial charge in [0.05, 0.1) is 0 Å². The number of rotatable bonds is 4. The minimum absolute atomic E-state index is 0.0189. The third-order valence-corrected chi connectivity index (χ3v) is 3.57. The van der Waals surface area contributed by atoms with Crippen molar-refractivity contribution in [3.05, 3.63) is 24.3 Å². The maximum Gasteiger partial charge on any atom is 0.222 e. The zero-order valence-electron chi connectivity index (χ0n) is 12.0. The lowest BCUT2D eigenvalue weighted by Gasteiger charge is -2.29. The molecule has 0 fully saturated rings. The van der Waals surface area contributed by atoms with Gasteiger partial charge in [-0.1, -0.05) is 0 Å². The molecule has 2 heterocycles. The van der Waals surface area contributed by atoms with Crippen LogP contribution in [0.2, 0.25) is 0 Å². The van der Waals surface area contributed by atoms with Crippen LogP contribution < -0.4 is 5.32 Å². The van der Waals surface area contributed by atoms with Gasteiger partial charge in [-0.15, -0.1) is 5.10 Å². The third-order valence-electron chi connectivity index (χ3n) is 3.57. The molecule has 2 aromatic rings. The van der Waals surface area contributed by atoms with E-state index in [1.54, 1.807) is 38.5 Å². The number of fused-ring (bicyclic) bond motifs is 1. The highest BCUT2D eigenvalue weighted by atomic mass is 16.7. The second kappa shape index (κ2) is 5.71. The number of nitrogens with one attached hydrogen (secondary N) is 1. The fourth-order valence-electron chi connectivity index (χ4n) is 2.52. The number of aromatic nitrogens is 3. The maximum atomic E-state index is 9.35. The molecule has 1 aliphatic rings. The Balaban J connectivity index is 1.95. The molecular weight excluding hydrogens is 272 g/mol. The van der Waals surface area contributed by atoms with Crippen molar-refractivity contribution in [1.82, 2.24) is 14.8 Å². The number of benzene rings is 1. The molecule has 21 heavy (non-hydrogen) atoms. The van der Waals surface area contributed by atoms with E-state index in [1.807, 2.05) is 4.68 Å². The Morgan fingerprint density at radius 1 is 1.29 bits per heavy atom. The highest BCUT2D eigenvalue weighted by Gasteiger charge is 2.30. The van der Waals surface area contributed by atoms with Crippen molar-refractivity contribution < 1.29 is 14.6 Å². The van der Waals surface area contributed by atoms with Crippen LogP contribution in [0.4, 0.5) is 5.95 Å². The van der Waals surface area contributed by atoms with Crippen molar-refractivity contribution in [2.24, 2.45) is 0 Å². The van der Waals surface area contributed by atoms with Gasteiger partial charge >= 0.3 is 0 Å². The van der Waals surface area contributed by atoms with Gasteiger partial charge < -0.3 is 19.9 Å². The molecule has 0 spiro atoms. The summed E-state index contributed by atoms with van der Waals surface area (Å²) in [4.78, 5) is 4.50. The fraction of sp³-hybridized carbons (Fsp3) is 0.429. The van der Waals surface area contributed by atoms with E-state index >= 15 is 0 Å². The number of phenolic OH excluding ortho intramolecular Hbond substituents is 1. The Kier molecular flexibility index (Phi) is 3.76. The summed E-state index contributed by atoms with van der Waals surface area (Å²) in [5.41, 5.74) is 0.849. The monoisotopic (exact) mass is 290 g/mol. The summed E-state index contributed by atoms with van der Waals surface area (Å²) in [5, 5.41) is 17.1. The number of hydrogen-bond acceptors (Lipinski definition) is 6. The molecule has 1 atom stereocenters. The normalized spacial score (nSPS) is 17.6. The van der Waals surface area contributed by atoms with Gasteiger partial charge in [-0.05, 0) is 30.7 Å². The zero-order chi connectivity index (χ0) is 14.8. The first kappa shape index (κ1) is 13.8. The van der Waals surface area contributed by atoms with Crippen LogP contribution in [0.3, 0.4) is 0 Å². The number of nitrogens with zero attached hydrogens (tertiary/aromatic N) is 3. The van der Waals surface area contributed by atoms with Gasteiger partial charge in [-0.3, -0.25) is 0 Å². The minimum atomic E-state index is -0.361. The van der Waals surface area contributed by atoms with Gasteiger partial charge in [0.15, 0.2) is 12.1 Å². The van der Waals surface area contributed by atoms with E-state index in [4.69, 9.17) is 9.47 Å². The van der Waals surface area contributed by atoms with Gasteiger partial charge in [0.2, 0.25) is 5.95 Å². The van der Waals surface area contributed by atoms with Crippen molar-refractivity contribution >= 4 is 5.95 Å². The Labute approximate surface area is 122 Å². The lowest BCUT2D eigenvalue weighted by Crippen LogP contribution is -2.34. The Morgan fingerprint density at radius 2 is 2.00 bits per heavy atom. The predicted octanol–water partition coefficient (Wildman–Crippen LogP) is 1.63. The smallest absolute Gasteiger partial charge is 0.222 e. The molecule has 0 aliphatic carbocycles. The molecule has 0 amide bonds. The van der Waals surface area contributed by atoms with Crippen molar-refractivity contribution in [3.8, 4) is 17.1 Å².